The number of hydrogen-bond donors (Lipinski definition) is 1. The molecule has 0 atom stereocenters. The van der Waals surface area contributed by atoms with Gasteiger partial charge in [-0.15, -0.1) is 0 Å². The smallest absolute Gasteiger partial charge is 0.416 e. The van der Waals surface area contributed by atoms with Crippen molar-refractivity contribution in [3.63, 3.8) is 0 Å². The number of nitrogens with zero attached hydrogens (tertiary/aromatic N) is 1. The number of rotatable bonds is 8. The van der Waals surface area contributed by atoms with Crippen LogP contribution in [-0.4, -0.2) is 15.6 Å². The number of halogens is 3. The van der Waals surface area contributed by atoms with Crippen molar-refractivity contribution in [2.45, 2.75) is 32.2 Å². The Labute approximate surface area is 188 Å². The van der Waals surface area contributed by atoms with Gasteiger partial charge in [-0.2, -0.15) is 13.2 Å². The van der Waals surface area contributed by atoms with Crippen LogP contribution in [0.3, 0.4) is 0 Å². The van der Waals surface area contributed by atoms with Crippen LogP contribution < -0.4 is 4.74 Å². The summed E-state index contributed by atoms with van der Waals surface area (Å²) in [4.78, 5) is 11.0. The number of aliphatic carboxylic acids is 1. The number of aromatic nitrogens is 1. The van der Waals surface area contributed by atoms with Crippen LogP contribution in [0.1, 0.15) is 28.7 Å². The Hall–Kier alpha value is -3.74. The lowest BCUT2D eigenvalue weighted by atomic mass is 10.1. The zero-order valence-corrected chi connectivity index (χ0v) is 17.7. The topological polar surface area (TPSA) is 51.5 Å². The van der Waals surface area contributed by atoms with Crippen LogP contribution in [0.15, 0.2) is 79.0 Å². The van der Waals surface area contributed by atoms with Crippen molar-refractivity contribution in [3.05, 3.63) is 101 Å². The van der Waals surface area contributed by atoms with Crippen molar-refractivity contribution in [2.75, 3.05) is 0 Å². The first kappa shape index (κ1) is 22.5. The molecule has 0 fully saturated rings. The second-order valence-electron chi connectivity index (χ2n) is 7.82. The number of aryl methyl sites for hydroxylation is 1. The molecule has 0 amide bonds. The summed E-state index contributed by atoms with van der Waals surface area (Å²) in [6.07, 6.45) is -1.79. The van der Waals surface area contributed by atoms with Crippen molar-refractivity contribution >= 4 is 16.9 Å². The van der Waals surface area contributed by atoms with Crippen molar-refractivity contribution in [3.8, 4) is 5.75 Å². The summed E-state index contributed by atoms with van der Waals surface area (Å²) in [6.45, 7) is 0.791. The fraction of sp³-hybridized carbons (Fsp3) is 0.192. The molecule has 0 unspecified atom stereocenters. The number of alkyl halides is 3. The Morgan fingerprint density at radius 2 is 1.58 bits per heavy atom. The minimum absolute atomic E-state index is 0.0823. The van der Waals surface area contributed by atoms with Crippen molar-refractivity contribution in [1.82, 2.24) is 4.57 Å². The van der Waals surface area contributed by atoms with Crippen molar-refractivity contribution < 1.29 is 27.8 Å². The minimum atomic E-state index is -4.35. The van der Waals surface area contributed by atoms with Gasteiger partial charge < -0.3 is 14.4 Å². The van der Waals surface area contributed by atoms with Crippen LogP contribution >= 0.6 is 0 Å². The van der Waals surface area contributed by atoms with E-state index in [1.165, 1.54) is 12.1 Å². The van der Waals surface area contributed by atoms with E-state index in [4.69, 9.17) is 9.84 Å². The molecule has 4 rings (SSSR count). The molecular formula is C26H22F3NO3. The number of carbonyl (C=O) groups is 1. The normalized spacial score (nSPS) is 11.6. The quantitative estimate of drug-likeness (QED) is 0.340. The molecule has 0 radical (unpaired) electrons. The third kappa shape index (κ3) is 5.55. The van der Waals surface area contributed by atoms with Crippen LogP contribution in [-0.2, 0) is 30.5 Å². The van der Waals surface area contributed by atoms with Crippen LogP contribution in [0, 0.1) is 0 Å². The van der Waals surface area contributed by atoms with E-state index in [2.05, 4.69) is 4.57 Å². The maximum absolute atomic E-state index is 12.7. The molecule has 0 aliphatic rings. The molecule has 0 aliphatic heterocycles. The first-order valence-corrected chi connectivity index (χ1v) is 10.5. The van der Waals surface area contributed by atoms with Gasteiger partial charge in [0, 0.05) is 30.1 Å². The van der Waals surface area contributed by atoms with Crippen LogP contribution in [0.25, 0.3) is 10.9 Å². The molecular weight excluding hydrogens is 431 g/mol. The van der Waals surface area contributed by atoms with Gasteiger partial charge in [-0.25, -0.2) is 0 Å². The van der Waals surface area contributed by atoms with Gasteiger partial charge in [-0.05, 0) is 53.4 Å². The van der Waals surface area contributed by atoms with E-state index in [1.54, 1.807) is 0 Å². The van der Waals surface area contributed by atoms with E-state index in [0.29, 0.717) is 24.3 Å². The van der Waals surface area contributed by atoms with Gasteiger partial charge in [0.25, 0.3) is 0 Å². The van der Waals surface area contributed by atoms with Gasteiger partial charge in [0.05, 0.1) is 5.56 Å². The summed E-state index contributed by atoms with van der Waals surface area (Å²) >= 11 is 0. The van der Waals surface area contributed by atoms with E-state index >= 15 is 0 Å². The van der Waals surface area contributed by atoms with E-state index in [9.17, 15) is 18.0 Å². The number of ether oxygens (including phenoxy) is 1. The lowest BCUT2D eigenvalue weighted by molar-refractivity contribution is -0.138. The molecule has 4 aromatic rings. The van der Waals surface area contributed by atoms with E-state index in [1.807, 2.05) is 54.7 Å². The summed E-state index contributed by atoms with van der Waals surface area (Å²) in [5.74, 6) is -0.197. The number of carboxylic acids is 1. The average molecular weight is 453 g/mol. The lowest BCUT2D eigenvalue weighted by Crippen LogP contribution is -2.05. The fourth-order valence-electron chi connectivity index (χ4n) is 3.74. The summed E-state index contributed by atoms with van der Waals surface area (Å²) in [7, 11) is 0. The van der Waals surface area contributed by atoms with E-state index < -0.39 is 17.7 Å². The highest BCUT2D eigenvalue weighted by molar-refractivity contribution is 5.84. The first-order valence-electron chi connectivity index (χ1n) is 10.5. The second kappa shape index (κ2) is 9.40. The maximum atomic E-state index is 12.7. The molecule has 0 spiro atoms. The number of fused-ring (bicyclic) bond motifs is 1. The van der Waals surface area contributed by atoms with Crippen LogP contribution in [0.2, 0.25) is 0 Å². The van der Waals surface area contributed by atoms with Gasteiger partial charge in [0.1, 0.15) is 12.4 Å². The molecule has 4 nitrogen and oxygen atoms in total. The first-order chi connectivity index (χ1) is 15.8. The van der Waals surface area contributed by atoms with Gasteiger partial charge in [-0.1, -0.05) is 42.5 Å². The highest BCUT2D eigenvalue weighted by Gasteiger charge is 2.29. The largest absolute Gasteiger partial charge is 0.489 e. The maximum Gasteiger partial charge on any atom is 0.416 e. The molecule has 1 aromatic heterocycles. The zero-order valence-electron chi connectivity index (χ0n) is 17.7. The van der Waals surface area contributed by atoms with Crippen LogP contribution in [0.4, 0.5) is 13.2 Å². The minimum Gasteiger partial charge on any atom is -0.489 e. The monoisotopic (exact) mass is 453 g/mol. The molecule has 3 aromatic carbocycles. The van der Waals surface area contributed by atoms with Gasteiger partial charge in [-0.3, -0.25) is 4.79 Å². The number of benzene rings is 3. The standard InChI is InChI=1S/C26H22F3NO3/c27-26(28,29)21-10-5-19(6-11-21)17-33-22-12-7-18(8-13-22)15-30-16-20(9-14-25(31)32)23-3-1-2-4-24(23)30/h1-8,10-13,16H,9,14-15,17H2,(H,31,32). The molecule has 0 aliphatic carbocycles. The number of carboxylic acid groups (broad SMARTS) is 1. The Morgan fingerprint density at radius 3 is 2.24 bits per heavy atom. The van der Waals surface area contributed by atoms with Crippen molar-refractivity contribution in [1.29, 1.82) is 0 Å². The fourth-order valence-corrected chi connectivity index (χ4v) is 3.74. The summed E-state index contributed by atoms with van der Waals surface area (Å²) < 4.78 is 45.8. The Kier molecular flexibility index (Phi) is 6.40. The predicted molar refractivity (Wildman–Crippen MR) is 119 cm³/mol. The molecule has 1 heterocycles. The molecule has 0 saturated heterocycles. The third-order valence-corrected chi connectivity index (χ3v) is 5.44. The molecule has 170 valence electrons. The van der Waals surface area contributed by atoms with Crippen LogP contribution in [0.5, 0.6) is 5.75 Å². The third-order valence-electron chi connectivity index (χ3n) is 5.44. The average Bonchev–Trinajstić information content (AvgIpc) is 3.14. The molecule has 0 bridgehead atoms. The molecule has 1 N–H and O–H groups in total. The Bertz CT molecular complexity index is 1240. The van der Waals surface area contributed by atoms with E-state index in [-0.39, 0.29) is 13.0 Å². The van der Waals surface area contributed by atoms with Gasteiger partial charge in [0.15, 0.2) is 0 Å². The molecule has 0 saturated carbocycles. The Morgan fingerprint density at radius 1 is 0.909 bits per heavy atom. The number of hydrogen-bond acceptors (Lipinski definition) is 2. The summed E-state index contributed by atoms with van der Waals surface area (Å²) in [5, 5.41) is 10.1. The molecule has 7 heteroatoms. The van der Waals surface area contributed by atoms with Gasteiger partial charge in [0.2, 0.25) is 0 Å². The number of para-hydroxylation sites is 1. The summed E-state index contributed by atoms with van der Waals surface area (Å²) in [5.41, 5.74) is 3.06. The highest BCUT2D eigenvalue weighted by atomic mass is 19.4. The lowest BCUT2D eigenvalue weighted by Gasteiger charge is -2.10. The van der Waals surface area contributed by atoms with Gasteiger partial charge >= 0.3 is 12.1 Å². The highest BCUT2D eigenvalue weighted by Crippen LogP contribution is 2.29. The van der Waals surface area contributed by atoms with E-state index in [0.717, 1.165) is 34.2 Å². The van der Waals surface area contributed by atoms with Crippen molar-refractivity contribution in [2.24, 2.45) is 0 Å². The SMILES string of the molecule is O=C(O)CCc1cn(Cc2ccc(OCc3ccc(C(F)(F)F)cc3)cc2)c2ccccc12. The molecule has 33 heavy (non-hydrogen) atoms. The predicted octanol–water partition coefficient (Wildman–Crippen LogP) is 6.30. The Balaban J connectivity index is 1.42. The second-order valence-corrected chi connectivity index (χ2v) is 7.82. The summed E-state index contributed by atoms with van der Waals surface area (Å²) in [6, 6.07) is 20.4. The zero-order chi connectivity index (χ0) is 23.4.